The number of hydrogen-bond donors (Lipinski definition) is 2. The summed E-state index contributed by atoms with van der Waals surface area (Å²) in [5.74, 6) is 0.658. The number of thioether (sulfide) groups is 1. The van der Waals surface area contributed by atoms with Crippen molar-refractivity contribution in [1.82, 2.24) is 4.90 Å². The second-order valence-corrected chi connectivity index (χ2v) is 8.08. The summed E-state index contributed by atoms with van der Waals surface area (Å²) in [7, 11) is 2.09. The zero-order valence-corrected chi connectivity index (χ0v) is 16.7. The number of rotatable bonds is 2. The number of nitrogens with zero attached hydrogens (tertiary/aromatic N) is 1. The standard InChI is InChI=1S/C21H23N3O2S/c1-11-5-6-14(8-16(11)22)21-24(4)17(10-27-21)15-7-12(2)20-19(13(15)3)23-18(25)9-26-20/h5-8,10,21H,9,22H2,1-4H3,(H,23,25). The van der Waals surface area contributed by atoms with E-state index in [9.17, 15) is 4.79 Å². The van der Waals surface area contributed by atoms with Crippen LogP contribution in [0.1, 0.15) is 33.2 Å². The van der Waals surface area contributed by atoms with Gasteiger partial charge in [-0.1, -0.05) is 12.1 Å². The fourth-order valence-electron chi connectivity index (χ4n) is 3.61. The van der Waals surface area contributed by atoms with Crippen LogP contribution in [0.5, 0.6) is 5.75 Å². The van der Waals surface area contributed by atoms with Crippen molar-refractivity contribution < 1.29 is 9.53 Å². The molecule has 2 aromatic carbocycles. The highest BCUT2D eigenvalue weighted by molar-refractivity contribution is 8.02. The Morgan fingerprint density at radius 2 is 2.00 bits per heavy atom. The van der Waals surface area contributed by atoms with E-state index in [1.165, 1.54) is 5.56 Å². The number of carbonyl (C=O) groups excluding carboxylic acids is 1. The molecular formula is C21H23N3O2S. The molecule has 140 valence electrons. The number of fused-ring (bicyclic) bond motifs is 1. The van der Waals surface area contributed by atoms with Gasteiger partial charge in [0.2, 0.25) is 0 Å². The highest BCUT2D eigenvalue weighted by Gasteiger charge is 2.30. The van der Waals surface area contributed by atoms with Crippen molar-refractivity contribution in [3.05, 3.63) is 57.5 Å². The molecule has 0 spiro atoms. The van der Waals surface area contributed by atoms with E-state index < -0.39 is 0 Å². The molecule has 0 saturated heterocycles. The zero-order chi connectivity index (χ0) is 19.3. The van der Waals surface area contributed by atoms with Crippen molar-refractivity contribution in [2.75, 3.05) is 24.7 Å². The van der Waals surface area contributed by atoms with Crippen molar-refractivity contribution in [3.63, 3.8) is 0 Å². The molecule has 1 atom stereocenters. The van der Waals surface area contributed by atoms with E-state index in [-0.39, 0.29) is 17.9 Å². The van der Waals surface area contributed by atoms with Gasteiger partial charge in [0, 0.05) is 18.3 Å². The lowest BCUT2D eigenvalue weighted by molar-refractivity contribution is -0.118. The maximum absolute atomic E-state index is 11.8. The molecule has 2 heterocycles. The molecule has 0 saturated carbocycles. The Balaban J connectivity index is 1.70. The molecular weight excluding hydrogens is 358 g/mol. The Labute approximate surface area is 163 Å². The van der Waals surface area contributed by atoms with Crippen molar-refractivity contribution >= 4 is 34.7 Å². The molecule has 0 radical (unpaired) electrons. The monoisotopic (exact) mass is 381 g/mol. The average molecular weight is 382 g/mol. The lowest BCUT2D eigenvalue weighted by Crippen LogP contribution is -2.27. The summed E-state index contributed by atoms with van der Waals surface area (Å²) < 4.78 is 5.64. The van der Waals surface area contributed by atoms with Crippen LogP contribution in [0.2, 0.25) is 0 Å². The van der Waals surface area contributed by atoms with E-state index in [4.69, 9.17) is 10.5 Å². The van der Waals surface area contributed by atoms with Crippen LogP contribution < -0.4 is 15.8 Å². The molecule has 0 aliphatic carbocycles. The molecule has 1 unspecified atom stereocenters. The minimum absolute atomic E-state index is 0.0714. The third-order valence-electron chi connectivity index (χ3n) is 5.24. The van der Waals surface area contributed by atoms with Gasteiger partial charge < -0.3 is 20.7 Å². The number of amides is 1. The van der Waals surface area contributed by atoms with Crippen LogP contribution in [0.15, 0.2) is 29.7 Å². The predicted octanol–water partition coefficient (Wildman–Crippen LogP) is 4.20. The van der Waals surface area contributed by atoms with E-state index in [1.54, 1.807) is 11.8 Å². The SMILES string of the molecule is Cc1ccc(C2SC=C(c3cc(C)c4c(c3C)NC(=O)CO4)N2C)cc1N. The van der Waals surface area contributed by atoms with Gasteiger partial charge in [0.1, 0.15) is 11.1 Å². The topological polar surface area (TPSA) is 67.6 Å². The number of anilines is 2. The molecule has 1 amide bonds. The Kier molecular flexibility index (Phi) is 4.30. The maximum Gasteiger partial charge on any atom is 0.262 e. The number of ether oxygens (including phenoxy) is 1. The van der Waals surface area contributed by atoms with Crippen molar-refractivity contribution in [2.45, 2.75) is 26.1 Å². The third kappa shape index (κ3) is 2.94. The molecule has 0 bridgehead atoms. The molecule has 3 N–H and O–H groups in total. The number of carbonyl (C=O) groups is 1. The van der Waals surface area contributed by atoms with Gasteiger partial charge in [-0.3, -0.25) is 4.79 Å². The molecule has 0 aromatic heterocycles. The minimum atomic E-state index is -0.113. The number of aryl methyl sites for hydroxylation is 2. The van der Waals surface area contributed by atoms with Gasteiger partial charge in [0.05, 0.1) is 11.4 Å². The largest absolute Gasteiger partial charge is 0.481 e. The van der Waals surface area contributed by atoms with Crippen LogP contribution in [-0.2, 0) is 4.79 Å². The fraction of sp³-hybridized carbons (Fsp3) is 0.286. The third-order valence-corrected chi connectivity index (χ3v) is 6.45. The first-order valence-electron chi connectivity index (χ1n) is 8.88. The first-order valence-corrected chi connectivity index (χ1v) is 9.83. The molecule has 2 aromatic rings. The molecule has 0 fully saturated rings. The van der Waals surface area contributed by atoms with Crippen LogP contribution in [0.25, 0.3) is 5.70 Å². The minimum Gasteiger partial charge on any atom is -0.481 e. The van der Waals surface area contributed by atoms with Gasteiger partial charge >= 0.3 is 0 Å². The van der Waals surface area contributed by atoms with Crippen molar-refractivity contribution in [1.29, 1.82) is 0 Å². The molecule has 2 aliphatic heterocycles. The highest BCUT2D eigenvalue weighted by Crippen LogP contribution is 2.48. The summed E-state index contributed by atoms with van der Waals surface area (Å²) in [5.41, 5.74) is 14.3. The zero-order valence-electron chi connectivity index (χ0n) is 15.9. The van der Waals surface area contributed by atoms with Gasteiger partial charge in [-0.25, -0.2) is 0 Å². The van der Waals surface area contributed by atoms with E-state index in [0.717, 1.165) is 45.1 Å². The van der Waals surface area contributed by atoms with Gasteiger partial charge in [-0.15, -0.1) is 11.8 Å². The Morgan fingerprint density at radius 3 is 2.74 bits per heavy atom. The Bertz CT molecular complexity index is 984. The lowest BCUT2D eigenvalue weighted by Gasteiger charge is -2.28. The second-order valence-electron chi connectivity index (χ2n) is 7.13. The summed E-state index contributed by atoms with van der Waals surface area (Å²) in [4.78, 5) is 14.1. The summed E-state index contributed by atoms with van der Waals surface area (Å²) >= 11 is 1.76. The summed E-state index contributed by atoms with van der Waals surface area (Å²) in [5, 5.41) is 5.32. The van der Waals surface area contributed by atoms with Gasteiger partial charge in [0.15, 0.2) is 6.61 Å². The summed E-state index contributed by atoms with van der Waals surface area (Å²) in [6.07, 6.45) is 0. The van der Waals surface area contributed by atoms with E-state index in [0.29, 0.717) is 0 Å². The normalized spacial score (nSPS) is 18.7. The average Bonchev–Trinajstić information content (AvgIpc) is 3.01. The first kappa shape index (κ1) is 17.8. The van der Waals surface area contributed by atoms with Crippen LogP contribution in [0.3, 0.4) is 0 Å². The molecule has 4 rings (SSSR count). The van der Waals surface area contributed by atoms with Gasteiger partial charge in [-0.2, -0.15) is 0 Å². The summed E-state index contributed by atoms with van der Waals surface area (Å²) in [6.45, 7) is 6.13. The number of hydrogen-bond acceptors (Lipinski definition) is 5. The van der Waals surface area contributed by atoms with Crippen LogP contribution in [0.4, 0.5) is 11.4 Å². The Morgan fingerprint density at radius 1 is 1.22 bits per heavy atom. The van der Waals surface area contributed by atoms with Crippen LogP contribution in [0, 0.1) is 20.8 Å². The van der Waals surface area contributed by atoms with Crippen molar-refractivity contribution in [2.24, 2.45) is 0 Å². The molecule has 5 nitrogen and oxygen atoms in total. The van der Waals surface area contributed by atoms with Gasteiger partial charge in [-0.05, 0) is 60.6 Å². The second kappa shape index (κ2) is 6.53. The van der Waals surface area contributed by atoms with E-state index in [2.05, 4.69) is 46.9 Å². The van der Waals surface area contributed by atoms with Crippen molar-refractivity contribution in [3.8, 4) is 5.75 Å². The fourth-order valence-corrected chi connectivity index (χ4v) is 4.76. The Hall–Kier alpha value is -2.60. The van der Waals surface area contributed by atoms with Crippen LogP contribution >= 0.6 is 11.8 Å². The van der Waals surface area contributed by atoms with Crippen LogP contribution in [-0.4, -0.2) is 24.5 Å². The molecule has 2 aliphatic rings. The number of nitrogens with one attached hydrogen (secondary N) is 1. The number of nitrogen functional groups attached to an aromatic ring is 1. The molecule has 6 heteroatoms. The molecule has 27 heavy (non-hydrogen) atoms. The smallest absolute Gasteiger partial charge is 0.262 e. The highest BCUT2D eigenvalue weighted by atomic mass is 32.2. The summed E-state index contributed by atoms with van der Waals surface area (Å²) in [6, 6.07) is 8.40. The number of nitrogens with two attached hydrogens (primary N) is 1. The van der Waals surface area contributed by atoms with Gasteiger partial charge in [0.25, 0.3) is 5.91 Å². The first-order chi connectivity index (χ1) is 12.9. The maximum atomic E-state index is 11.8. The lowest BCUT2D eigenvalue weighted by atomic mass is 9.98. The van der Waals surface area contributed by atoms with E-state index in [1.807, 2.05) is 20.8 Å². The van der Waals surface area contributed by atoms with E-state index >= 15 is 0 Å². The predicted molar refractivity (Wildman–Crippen MR) is 112 cm³/mol. The number of benzene rings is 2. The quantitative estimate of drug-likeness (QED) is 0.763.